The fourth-order valence-electron chi connectivity index (χ4n) is 1.27. The molecular weight excluding hydrogens is 205 g/mol. The van der Waals surface area contributed by atoms with Crippen molar-refractivity contribution < 1.29 is 0 Å². The van der Waals surface area contributed by atoms with Crippen LogP contribution in [0.2, 0.25) is 10.0 Å². The lowest BCUT2D eigenvalue weighted by molar-refractivity contribution is 0.598. The Hall–Kier alpha value is -0.240. The van der Waals surface area contributed by atoms with Crippen molar-refractivity contribution in [1.82, 2.24) is 5.32 Å². The zero-order valence-electron chi connectivity index (χ0n) is 7.77. The first-order valence-corrected chi connectivity index (χ1v) is 5.09. The molecule has 0 heterocycles. The normalized spacial score (nSPS) is 12.9. The average molecular weight is 218 g/mol. The van der Waals surface area contributed by atoms with Gasteiger partial charge in [0.2, 0.25) is 0 Å². The van der Waals surface area contributed by atoms with E-state index in [0.29, 0.717) is 5.02 Å². The highest BCUT2D eigenvalue weighted by Crippen LogP contribution is 2.25. The Morgan fingerprint density at radius 3 is 2.62 bits per heavy atom. The second-order valence-electron chi connectivity index (χ2n) is 2.95. The number of rotatable bonds is 3. The van der Waals surface area contributed by atoms with Gasteiger partial charge in [-0.1, -0.05) is 36.2 Å². The van der Waals surface area contributed by atoms with Gasteiger partial charge in [0.15, 0.2) is 0 Å². The van der Waals surface area contributed by atoms with E-state index in [1.807, 2.05) is 12.1 Å². The van der Waals surface area contributed by atoms with E-state index < -0.39 is 0 Å². The molecule has 13 heavy (non-hydrogen) atoms. The second-order valence-corrected chi connectivity index (χ2v) is 3.79. The third kappa shape index (κ3) is 2.87. The zero-order chi connectivity index (χ0) is 9.84. The molecule has 0 aliphatic carbocycles. The van der Waals surface area contributed by atoms with Crippen LogP contribution < -0.4 is 5.32 Å². The maximum absolute atomic E-state index is 6.04. The van der Waals surface area contributed by atoms with Crippen LogP contribution in [0.25, 0.3) is 0 Å². The van der Waals surface area contributed by atoms with Crippen LogP contribution in [0.15, 0.2) is 18.2 Å². The molecular formula is C10H13Cl2N. The first-order chi connectivity index (χ1) is 6.15. The summed E-state index contributed by atoms with van der Waals surface area (Å²) in [6, 6.07) is 5.86. The van der Waals surface area contributed by atoms with Crippen molar-refractivity contribution in [1.29, 1.82) is 0 Å². The molecule has 1 aromatic carbocycles. The topological polar surface area (TPSA) is 12.0 Å². The van der Waals surface area contributed by atoms with Crippen molar-refractivity contribution in [2.24, 2.45) is 0 Å². The van der Waals surface area contributed by atoms with Gasteiger partial charge in [-0.25, -0.2) is 0 Å². The van der Waals surface area contributed by atoms with Crippen LogP contribution in [0.3, 0.4) is 0 Å². The molecule has 1 nitrogen and oxygen atoms in total. The number of benzene rings is 1. The van der Waals surface area contributed by atoms with Gasteiger partial charge in [-0.05, 0) is 31.2 Å². The Morgan fingerprint density at radius 1 is 1.38 bits per heavy atom. The van der Waals surface area contributed by atoms with E-state index in [2.05, 4.69) is 19.2 Å². The predicted molar refractivity (Wildman–Crippen MR) is 58.6 cm³/mol. The lowest BCUT2D eigenvalue weighted by Crippen LogP contribution is -2.17. The smallest absolute Gasteiger partial charge is 0.0468 e. The van der Waals surface area contributed by atoms with Crippen LogP contribution in [0, 0.1) is 0 Å². The van der Waals surface area contributed by atoms with Crippen molar-refractivity contribution in [3.8, 4) is 0 Å². The molecule has 0 radical (unpaired) electrons. The minimum atomic E-state index is 0.273. The lowest BCUT2D eigenvalue weighted by atomic mass is 10.1. The summed E-state index contributed by atoms with van der Waals surface area (Å²) in [7, 11) is 0. The van der Waals surface area contributed by atoms with Crippen molar-refractivity contribution in [3.63, 3.8) is 0 Å². The summed E-state index contributed by atoms with van der Waals surface area (Å²) in [6.07, 6.45) is 0. The van der Waals surface area contributed by atoms with E-state index in [4.69, 9.17) is 23.2 Å². The molecule has 0 unspecified atom stereocenters. The standard InChI is InChI=1S/C10H13Cl2N/c1-3-13-7(2)9-5-4-8(11)6-10(9)12/h4-7,13H,3H2,1-2H3/t7-/m1/s1. The first-order valence-electron chi connectivity index (χ1n) is 4.33. The van der Waals surface area contributed by atoms with Gasteiger partial charge in [0.1, 0.15) is 0 Å². The van der Waals surface area contributed by atoms with Crippen LogP contribution in [0.4, 0.5) is 0 Å². The summed E-state index contributed by atoms with van der Waals surface area (Å²) in [4.78, 5) is 0. The minimum absolute atomic E-state index is 0.273. The summed E-state index contributed by atoms with van der Waals surface area (Å²) in [5, 5.41) is 4.70. The molecule has 0 saturated heterocycles. The highest BCUT2D eigenvalue weighted by atomic mass is 35.5. The molecule has 1 atom stereocenters. The number of hydrogen-bond acceptors (Lipinski definition) is 1. The SMILES string of the molecule is CCN[C@H](C)c1ccc(Cl)cc1Cl. The second kappa shape index (κ2) is 4.85. The number of halogens is 2. The molecule has 1 rings (SSSR count). The Balaban J connectivity index is 2.88. The van der Waals surface area contributed by atoms with E-state index in [1.54, 1.807) is 6.07 Å². The Kier molecular flexibility index (Phi) is 4.04. The van der Waals surface area contributed by atoms with Crippen LogP contribution in [0.5, 0.6) is 0 Å². The molecule has 1 N–H and O–H groups in total. The van der Waals surface area contributed by atoms with Crippen LogP contribution in [-0.2, 0) is 0 Å². The predicted octanol–water partition coefficient (Wildman–Crippen LogP) is 3.66. The minimum Gasteiger partial charge on any atom is -0.310 e. The van der Waals surface area contributed by atoms with Gasteiger partial charge in [-0.15, -0.1) is 0 Å². The van der Waals surface area contributed by atoms with E-state index in [9.17, 15) is 0 Å². The molecule has 0 aliphatic rings. The maximum atomic E-state index is 6.04. The largest absolute Gasteiger partial charge is 0.310 e. The van der Waals surface area contributed by atoms with E-state index in [1.165, 1.54) is 0 Å². The van der Waals surface area contributed by atoms with Crippen molar-refractivity contribution >= 4 is 23.2 Å². The highest BCUT2D eigenvalue weighted by molar-refractivity contribution is 6.35. The number of hydrogen-bond donors (Lipinski definition) is 1. The zero-order valence-corrected chi connectivity index (χ0v) is 9.28. The molecule has 0 aliphatic heterocycles. The fourth-order valence-corrected chi connectivity index (χ4v) is 1.84. The third-order valence-corrected chi connectivity index (χ3v) is 2.50. The molecule has 72 valence electrons. The molecule has 1 aromatic rings. The van der Waals surface area contributed by atoms with Crippen molar-refractivity contribution in [2.45, 2.75) is 19.9 Å². The van der Waals surface area contributed by atoms with Crippen LogP contribution >= 0.6 is 23.2 Å². The van der Waals surface area contributed by atoms with Gasteiger partial charge in [-0.3, -0.25) is 0 Å². The van der Waals surface area contributed by atoms with Gasteiger partial charge in [0.25, 0.3) is 0 Å². The van der Waals surface area contributed by atoms with Gasteiger partial charge in [0, 0.05) is 16.1 Å². The average Bonchev–Trinajstić information content (AvgIpc) is 2.04. The summed E-state index contributed by atoms with van der Waals surface area (Å²) >= 11 is 11.8. The lowest BCUT2D eigenvalue weighted by Gasteiger charge is -2.14. The summed E-state index contributed by atoms with van der Waals surface area (Å²) in [6.45, 7) is 5.08. The van der Waals surface area contributed by atoms with E-state index in [-0.39, 0.29) is 6.04 Å². The molecule has 0 bridgehead atoms. The monoisotopic (exact) mass is 217 g/mol. The third-order valence-electron chi connectivity index (χ3n) is 1.94. The Labute approximate surface area is 89.0 Å². The van der Waals surface area contributed by atoms with E-state index >= 15 is 0 Å². The van der Waals surface area contributed by atoms with Crippen LogP contribution in [-0.4, -0.2) is 6.54 Å². The van der Waals surface area contributed by atoms with Gasteiger partial charge in [0.05, 0.1) is 0 Å². The molecule has 0 amide bonds. The fraction of sp³-hybridized carbons (Fsp3) is 0.400. The summed E-state index contributed by atoms with van der Waals surface area (Å²) in [5.74, 6) is 0. The quantitative estimate of drug-likeness (QED) is 0.816. The van der Waals surface area contributed by atoms with Gasteiger partial charge < -0.3 is 5.32 Å². The summed E-state index contributed by atoms with van der Waals surface area (Å²) < 4.78 is 0. The highest BCUT2D eigenvalue weighted by Gasteiger charge is 2.07. The van der Waals surface area contributed by atoms with Gasteiger partial charge in [-0.2, -0.15) is 0 Å². The van der Waals surface area contributed by atoms with Crippen LogP contribution in [0.1, 0.15) is 25.5 Å². The number of nitrogens with one attached hydrogen (secondary N) is 1. The Morgan fingerprint density at radius 2 is 2.08 bits per heavy atom. The molecule has 0 saturated carbocycles. The van der Waals surface area contributed by atoms with E-state index in [0.717, 1.165) is 17.1 Å². The molecule has 0 fully saturated rings. The first kappa shape index (κ1) is 10.8. The maximum Gasteiger partial charge on any atom is 0.0468 e. The Bertz CT molecular complexity index is 286. The molecule has 0 spiro atoms. The molecule has 3 heteroatoms. The van der Waals surface area contributed by atoms with Gasteiger partial charge >= 0.3 is 0 Å². The summed E-state index contributed by atoms with van der Waals surface area (Å²) in [5.41, 5.74) is 1.09. The van der Waals surface area contributed by atoms with Crippen molar-refractivity contribution in [2.75, 3.05) is 6.54 Å². The molecule has 0 aromatic heterocycles. The van der Waals surface area contributed by atoms with Crippen molar-refractivity contribution in [3.05, 3.63) is 33.8 Å².